The van der Waals surface area contributed by atoms with Crippen LogP contribution in [0.1, 0.15) is 92.1 Å². The van der Waals surface area contributed by atoms with E-state index in [1.54, 1.807) is 0 Å². The number of fused-ring (bicyclic) bond motifs is 7. The second-order valence-electron chi connectivity index (χ2n) is 18.0. The average Bonchev–Trinajstić information content (AvgIpc) is 3.79. The number of imidazole rings is 1. The molecule has 7 aromatic rings. The number of aryl methyl sites for hydroxylation is 2. The molecule has 0 saturated carbocycles. The standard InChI is InChI=1S/C47H49N6O.Pt/c1-45(2,3)30-16-19-38-36(23-30)35-18-17-34(26-39(35)53(38)44-24-31(20-21-48-44)46(4,5)6)54-33-14-12-13-32(25-33)51-29-52(47(7,8)9)42-28-40-37(27-41(42)51)49-43-15-10-11-22-50(40)43;/h12-14,16-21,23-24,27-29H,10-11,15,22H2,1-9H3;/q-3;. The summed E-state index contributed by atoms with van der Waals surface area (Å²) in [5, 5.41) is 2.29. The van der Waals surface area contributed by atoms with E-state index in [-0.39, 0.29) is 37.4 Å². The summed E-state index contributed by atoms with van der Waals surface area (Å²) in [6.07, 6.45) is 5.35. The van der Waals surface area contributed by atoms with Crippen LogP contribution in [0.2, 0.25) is 0 Å². The molecule has 7 nitrogen and oxygen atoms in total. The van der Waals surface area contributed by atoms with Gasteiger partial charge in [-0.05, 0) is 91.3 Å². The number of pyridine rings is 1. The fourth-order valence-corrected chi connectivity index (χ4v) is 8.00. The van der Waals surface area contributed by atoms with Gasteiger partial charge in [0.15, 0.2) is 0 Å². The number of ether oxygens (including phenoxy) is 1. The molecule has 0 atom stereocenters. The third kappa shape index (κ3) is 6.52. The van der Waals surface area contributed by atoms with Crippen LogP contribution < -0.4 is 14.5 Å². The second kappa shape index (κ2) is 13.3. The molecular formula is C47H49N6OPt-3. The van der Waals surface area contributed by atoms with E-state index in [4.69, 9.17) is 14.7 Å². The monoisotopic (exact) mass is 908 g/mol. The fourth-order valence-electron chi connectivity index (χ4n) is 8.00. The van der Waals surface area contributed by atoms with Gasteiger partial charge in [0.1, 0.15) is 11.6 Å². The zero-order chi connectivity index (χ0) is 37.7. The van der Waals surface area contributed by atoms with E-state index in [0.29, 0.717) is 11.5 Å². The van der Waals surface area contributed by atoms with Crippen LogP contribution in [0.15, 0.2) is 79.0 Å². The largest absolute Gasteiger partial charge is 0.509 e. The van der Waals surface area contributed by atoms with Crippen molar-refractivity contribution < 1.29 is 25.8 Å². The van der Waals surface area contributed by atoms with Crippen LogP contribution >= 0.6 is 0 Å². The van der Waals surface area contributed by atoms with Gasteiger partial charge >= 0.3 is 0 Å². The molecular weight excluding hydrogens is 860 g/mol. The van der Waals surface area contributed by atoms with Gasteiger partial charge in [0.2, 0.25) is 0 Å². The first kappa shape index (κ1) is 37.3. The van der Waals surface area contributed by atoms with Gasteiger partial charge in [0.25, 0.3) is 0 Å². The molecule has 2 aliphatic rings. The minimum absolute atomic E-state index is 0. The molecule has 0 spiro atoms. The summed E-state index contributed by atoms with van der Waals surface area (Å²) in [6.45, 7) is 23.5. The maximum atomic E-state index is 6.62. The fraction of sp³-hybridized carbons (Fsp3) is 0.340. The molecule has 4 aromatic carbocycles. The molecule has 0 saturated heterocycles. The van der Waals surface area contributed by atoms with Crippen molar-refractivity contribution in [1.29, 1.82) is 0 Å². The summed E-state index contributed by atoms with van der Waals surface area (Å²) in [7, 11) is 0. The molecule has 0 aliphatic carbocycles. The van der Waals surface area contributed by atoms with Crippen molar-refractivity contribution in [3.8, 4) is 17.3 Å². The normalized spacial score (nSPS) is 14.8. The van der Waals surface area contributed by atoms with E-state index in [1.807, 2.05) is 24.4 Å². The van der Waals surface area contributed by atoms with Crippen molar-refractivity contribution in [2.75, 3.05) is 9.80 Å². The summed E-state index contributed by atoms with van der Waals surface area (Å²) < 4.78 is 11.3. The molecule has 0 fully saturated rings. The van der Waals surface area contributed by atoms with Crippen LogP contribution in [0.4, 0.5) is 17.1 Å². The Labute approximate surface area is 339 Å². The smallest absolute Gasteiger partial charge is 0.135 e. The second-order valence-corrected chi connectivity index (χ2v) is 18.0. The summed E-state index contributed by atoms with van der Waals surface area (Å²) in [4.78, 5) is 14.6. The van der Waals surface area contributed by atoms with E-state index < -0.39 is 0 Å². The van der Waals surface area contributed by atoms with Gasteiger partial charge in [-0.2, -0.15) is 18.8 Å². The number of aromatic nitrogens is 4. The van der Waals surface area contributed by atoms with Gasteiger partial charge < -0.3 is 23.7 Å². The summed E-state index contributed by atoms with van der Waals surface area (Å²) in [5.74, 6) is 3.30. The van der Waals surface area contributed by atoms with Crippen molar-refractivity contribution in [2.24, 2.45) is 0 Å². The van der Waals surface area contributed by atoms with Crippen molar-refractivity contribution >= 4 is 49.9 Å². The van der Waals surface area contributed by atoms with Gasteiger partial charge in [-0.1, -0.05) is 59.2 Å². The molecule has 55 heavy (non-hydrogen) atoms. The molecule has 9 rings (SSSR count). The van der Waals surface area contributed by atoms with E-state index in [9.17, 15) is 0 Å². The summed E-state index contributed by atoms with van der Waals surface area (Å²) in [5.41, 5.74) is 9.84. The number of nitrogens with zero attached hydrogens (tertiary/aromatic N) is 6. The molecule has 2 aliphatic heterocycles. The molecule has 0 unspecified atom stereocenters. The van der Waals surface area contributed by atoms with Crippen LogP contribution in [0.3, 0.4) is 0 Å². The van der Waals surface area contributed by atoms with Crippen molar-refractivity contribution in [2.45, 2.75) is 104 Å². The van der Waals surface area contributed by atoms with E-state index in [1.165, 1.54) is 46.4 Å². The Kier molecular flexibility index (Phi) is 9.00. The Morgan fingerprint density at radius 2 is 1.49 bits per heavy atom. The molecule has 3 aromatic heterocycles. The zero-order valence-corrected chi connectivity index (χ0v) is 35.6. The van der Waals surface area contributed by atoms with Crippen molar-refractivity contribution in [1.82, 2.24) is 19.1 Å². The number of hydrogen-bond donors (Lipinski definition) is 0. The SMILES string of the molecule is CC(C)(C)c1ccnc(-n2c3[c-]c(Oc4[c-]c(N5[CH-]N(C(C)(C)C)c6cc7c(cc65)nc5n7CCCC5)ccc4)ccc3c3cc(C(C)(C)C)ccc32)c1.[Pt]. The Morgan fingerprint density at radius 3 is 2.25 bits per heavy atom. The van der Waals surface area contributed by atoms with Gasteiger partial charge in [0.05, 0.1) is 11.0 Å². The predicted molar refractivity (Wildman–Crippen MR) is 222 cm³/mol. The molecule has 286 valence electrons. The van der Waals surface area contributed by atoms with Gasteiger partial charge in [-0.25, -0.2) is 9.97 Å². The first-order valence-corrected chi connectivity index (χ1v) is 19.3. The summed E-state index contributed by atoms with van der Waals surface area (Å²) >= 11 is 0. The maximum absolute atomic E-state index is 6.62. The number of hydrogen-bond acceptors (Lipinski definition) is 5. The molecule has 0 radical (unpaired) electrons. The van der Waals surface area contributed by atoms with E-state index in [0.717, 1.165) is 52.1 Å². The molecule has 0 amide bonds. The van der Waals surface area contributed by atoms with Crippen molar-refractivity contribution in [3.63, 3.8) is 0 Å². The Hall–Kier alpha value is -4.61. The maximum Gasteiger partial charge on any atom is 0.135 e. The number of anilines is 3. The van der Waals surface area contributed by atoms with Crippen LogP contribution in [-0.2, 0) is 44.9 Å². The first-order chi connectivity index (χ1) is 25.6. The van der Waals surface area contributed by atoms with Crippen LogP contribution in [0.25, 0.3) is 38.7 Å². The third-order valence-electron chi connectivity index (χ3n) is 11.0. The number of rotatable bonds is 4. The topological polar surface area (TPSA) is 51.4 Å². The Balaban J connectivity index is 0.00000427. The van der Waals surface area contributed by atoms with Crippen LogP contribution in [0.5, 0.6) is 11.5 Å². The molecule has 5 heterocycles. The third-order valence-corrected chi connectivity index (χ3v) is 11.0. The van der Waals surface area contributed by atoms with Gasteiger partial charge in [-0.3, -0.25) is 0 Å². The minimum atomic E-state index is -0.131. The zero-order valence-electron chi connectivity index (χ0n) is 33.3. The average molecular weight is 909 g/mol. The Morgan fingerprint density at radius 1 is 0.727 bits per heavy atom. The molecule has 0 bridgehead atoms. The van der Waals surface area contributed by atoms with Gasteiger partial charge in [0, 0.05) is 74.2 Å². The number of benzene rings is 4. The molecule has 0 N–H and O–H groups in total. The van der Waals surface area contributed by atoms with Gasteiger partial charge in [-0.15, -0.1) is 41.4 Å². The Bertz CT molecular complexity index is 2600. The van der Waals surface area contributed by atoms with E-state index >= 15 is 0 Å². The summed E-state index contributed by atoms with van der Waals surface area (Å²) in [6, 6.07) is 33.2. The minimum Gasteiger partial charge on any atom is -0.509 e. The first-order valence-electron chi connectivity index (χ1n) is 19.3. The van der Waals surface area contributed by atoms with Crippen LogP contribution in [0, 0.1) is 18.8 Å². The van der Waals surface area contributed by atoms with Crippen LogP contribution in [-0.4, -0.2) is 24.6 Å². The quantitative estimate of drug-likeness (QED) is 0.165. The predicted octanol–water partition coefficient (Wildman–Crippen LogP) is 11.7. The molecule has 8 heteroatoms. The van der Waals surface area contributed by atoms with Crippen molar-refractivity contribution in [3.05, 3.63) is 115 Å². The van der Waals surface area contributed by atoms with E-state index in [2.05, 4.69) is 155 Å².